The maximum absolute atomic E-state index is 12.3. The van der Waals surface area contributed by atoms with Gasteiger partial charge < -0.3 is 10.1 Å². The summed E-state index contributed by atoms with van der Waals surface area (Å²) in [6.07, 6.45) is -2.90. The third-order valence-corrected chi connectivity index (χ3v) is 2.31. The highest BCUT2D eigenvalue weighted by Crippen LogP contribution is 2.27. The number of hydrogen-bond acceptors (Lipinski definition) is 2. The number of aromatic carboxylic acids is 1. The Morgan fingerprint density at radius 1 is 1.57 bits per heavy atom. The zero-order chi connectivity index (χ0) is 10.9. The van der Waals surface area contributed by atoms with E-state index in [0.717, 1.165) is 0 Å². The van der Waals surface area contributed by atoms with Gasteiger partial charge in [0.2, 0.25) is 5.56 Å². The quantitative estimate of drug-likeness (QED) is 0.858. The number of carboxylic acids is 1. The maximum atomic E-state index is 12.3. The van der Waals surface area contributed by atoms with Gasteiger partial charge in [-0.25, -0.2) is 13.6 Å². The molecule has 0 aliphatic heterocycles. The standard InChI is InChI=1S/C7H4BrF2NO3/c8-4-2(6(9)10)1-3(12)11-5(4)7(13)14/h1,6H,(H,11,12)(H,13,14). The second-order valence-corrected chi connectivity index (χ2v) is 3.18. The van der Waals surface area contributed by atoms with Crippen molar-refractivity contribution in [2.75, 3.05) is 0 Å². The minimum atomic E-state index is -2.90. The molecule has 0 fully saturated rings. The van der Waals surface area contributed by atoms with Crippen LogP contribution in [0, 0.1) is 0 Å². The Hall–Kier alpha value is -1.24. The number of H-pyrrole nitrogens is 1. The Morgan fingerprint density at radius 3 is 2.57 bits per heavy atom. The van der Waals surface area contributed by atoms with Crippen LogP contribution in [0.5, 0.6) is 0 Å². The lowest BCUT2D eigenvalue weighted by Gasteiger charge is -2.04. The molecule has 0 atom stereocenters. The van der Waals surface area contributed by atoms with Crippen LogP contribution in [0.4, 0.5) is 8.78 Å². The van der Waals surface area contributed by atoms with Gasteiger partial charge in [0.1, 0.15) is 5.69 Å². The molecule has 1 aromatic rings. The molecule has 0 saturated carbocycles. The van der Waals surface area contributed by atoms with Gasteiger partial charge in [0, 0.05) is 11.6 Å². The van der Waals surface area contributed by atoms with Crippen molar-refractivity contribution in [1.82, 2.24) is 4.98 Å². The van der Waals surface area contributed by atoms with Crippen LogP contribution in [0.25, 0.3) is 0 Å². The number of carbonyl (C=O) groups is 1. The molecule has 1 heterocycles. The van der Waals surface area contributed by atoms with Gasteiger partial charge in [0.05, 0.1) is 4.47 Å². The monoisotopic (exact) mass is 267 g/mol. The van der Waals surface area contributed by atoms with Gasteiger partial charge in [-0.3, -0.25) is 4.79 Å². The minimum absolute atomic E-state index is 0.306. The molecule has 0 spiro atoms. The van der Waals surface area contributed by atoms with Crippen molar-refractivity contribution in [3.05, 3.63) is 32.2 Å². The van der Waals surface area contributed by atoms with Crippen LogP contribution < -0.4 is 5.56 Å². The molecule has 14 heavy (non-hydrogen) atoms. The number of hydrogen-bond donors (Lipinski definition) is 2. The summed E-state index contributed by atoms with van der Waals surface area (Å²) in [5, 5.41) is 8.55. The summed E-state index contributed by atoms with van der Waals surface area (Å²) in [6.45, 7) is 0. The summed E-state index contributed by atoms with van der Waals surface area (Å²) in [5.41, 5.74) is -2.08. The Morgan fingerprint density at radius 2 is 2.14 bits per heavy atom. The van der Waals surface area contributed by atoms with Crippen LogP contribution in [0.2, 0.25) is 0 Å². The molecule has 0 amide bonds. The fourth-order valence-corrected chi connectivity index (χ4v) is 1.43. The van der Waals surface area contributed by atoms with Crippen LogP contribution in [-0.4, -0.2) is 16.1 Å². The number of aromatic nitrogens is 1. The summed E-state index contributed by atoms with van der Waals surface area (Å²) < 4.78 is 24.2. The molecule has 0 bridgehead atoms. The molecule has 7 heteroatoms. The van der Waals surface area contributed by atoms with Crippen molar-refractivity contribution in [2.24, 2.45) is 0 Å². The number of pyridine rings is 1. The lowest BCUT2D eigenvalue weighted by molar-refractivity contribution is 0.0688. The van der Waals surface area contributed by atoms with Gasteiger partial charge in [-0.1, -0.05) is 0 Å². The van der Waals surface area contributed by atoms with Gasteiger partial charge in [-0.05, 0) is 15.9 Å². The van der Waals surface area contributed by atoms with E-state index in [4.69, 9.17) is 5.11 Å². The van der Waals surface area contributed by atoms with Crippen LogP contribution in [0.15, 0.2) is 15.3 Å². The molecule has 0 radical (unpaired) electrons. The molecule has 0 aliphatic carbocycles. The first-order chi connectivity index (χ1) is 6.43. The number of alkyl halides is 2. The second-order valence-electron chi connectivity index (χ2n) is 2.38. The van der Waals surface area contributed by atoms with E-state index in [9.17, 15) is 18.4 Å². The van der Waals surface area contributed by atoms with Crippen molar-refractivity contribution in [2.45, 2.75) is 6.43 Å². The highest BCUT2D eigenvalue weighted by Gasteiger charge is 2.19. The molecule has 1 rings (SSSR count). The summed E-state index contributed by atoms with van der Waals surface area (Å²) in [5.74, 6) is -1.48. The predicted octanol–water partition coefficient (Wildman–Crippen LogP) is 1.77. The fourth-order valence-electron chi connectivity index (χ4n) is 0.869. The molecule has 76 valence electrons. The van der Waals surface area contributed by atoms with Gasteiger partial charge in [0.25, 0.3) is 6.43 Å². The normalized spacial score (nSPS) is 10.6. The zero-order valence-electron chi connectivity index (χ0n) is 6.55. The molecule has 4 nitrogen and oxygen atoms in total. The van der Waals surface area contributed by atoms with Crippen LogP contribution in [-0.2, 0) is 0 Å². The first-order valence-electron chi connectivity index (χ1n) is 3.37. The van der Waals surface area contributed by atoms with Crippen LogP contribution in [0.3, 0.4) is 0 Å². The summed E-state index contributed by atoms with van der Waals surface area (Å²) in [4.78, 5) is 23.2. The van der Waals surface area contributed by atoms with E-state index in [0.29, 0.717) is 6.07 Å². The van der Waals surface area contributed by atoms with Crippen molar-refractivity contribution in [1.29, 1.82) is 0 Å². The first kappa shape index (κ1) is 10.8. The van der Waals surface area contributed by atoms with Crippen LogP contribution in [0.1, 0.15) is 22.5 Å². The Labute approximate surface area is 84.7 Å². The van der Waals surface area contributed by atoms with Crippen LogP contribution >= 0.6 is 15.9 Å². The summed E-state index contributed by atoms with van der Waals surface area (Å²) >= 11 is 2.69. The number of aromatic amines is 1. The number of nitrogens with one attached hydrogen (secondary N) is 1. The van der Waals surface area contributed by atoms with E-state index >= 15 is 0 Å². The lowest BCUT2D eigenvalue weighted by atomic mass is 10.2. The van der Waals surface area contributed by atoms with Gasteiger partial charge in [-0.15, -0.1) is 0 Å². The van der Waals surface area contributed by atoms with E-state index in [-0.39, 0.29) is 4.47 Å². The number of carboxylic acid groups (broad SMARTS) is 1. The molecular formula is C7H4BrF2NO3. The van der Waals surface area contributed by atoms with E-state index in [1.54, 1.807) is 0 Å². The Kier molecular flexibility index (Phi) is 3.00. The molecule has 0 saturated heterocycles. The predicted molar refractivity (Wildman–Crippen MR) is 46.7 cm³/mol. The average Bonchev–Trinajstić information content (AvgIpc) is 2.07. The smallest absolute Gasteiger partial charge is 0.353 e. The second kappa shape index (κ2) is 3.87. The molecule has 1 aromatic heterocycles. The van der Waals surface area contributed by atoms with Crippen molar-refractivity contribution in [3.63, 3.8) is 0 Å². The van der Waals surface area contributed by atoms with Crippen molar-refractivity contribution in [3.8, 4) is 0 Å². The van der Waals surface area contributed by atoms with E-state index < -0.39 is 29.2 Å². The van der Waals surface area contributed by atoms with Gasteiger partial charge in [0.15, 0.2) is 0 Å². The van der Waals surface area contributed by atoms with E-state index in [1.165, 1.54) is 0 Å². The SMILES string of the molecule is O=C(O)c1[nH]c(=O)cc(C(F)F)c1Br. The van der Waals surface area contributed by atoms with Crippen molar-refractivity contribution >= 4 is 21.9 Å². The van der Waals surface area contributed by atoms with Gasteiger partial charge >= 0.3 is 5.97 Å². The Bertz CT molecular complexity index is 429. The minimum Gasteiger partial charge on any atom is -0.477 e. The van der Waals surface area contributed by atoms with Gasteiger partial charge in [-0.2, -0.15) is 0 Å². The summed E-state index contributed by atoms with van der Waals surface area (Å²) in [6, 6.07) is 0.654. The summed E-state index contributed by atoms with van der Waals surface area (Å²) in [7, 11) is 0. The zero-order valence-corrected chi connectivity index (χ0v) is 8.14. The third-order valence-electron chi connectivity index (χ3n) is 1.46. The highest BCUT2D eigenvalue weighted by molar-refractivity contribution is 9.10. The lowest BCUT2D eigenvalue weighted by Crippen LogP contribution is -2.15. The number of rotatable bonds is 2. The third kappa shape index (κ3) is 1.98. The molecule has 2 N–H and O–H groups in total. The average molecular weight is 268 g/mol. The fraction of sp³-hybridized carbons (Fsp3) is 0.143. The molecule has 0 unspecified atom stereocenters. The highest BCUT2D eigenvalue weighted by atomic mass is 79.9. The maximum Gasteiger partial charge on any atom is 0.353 e. The largest absolute Gasteiger partial charge is 0.477 e. The topological polar surface area (TPSA) is 70.2 Å². The number of halogens is 3. The molecule has 0 aromatic carbocycles. The van der Waals surface area contributed by atoms with E-state index in [2.05, 4.69) is 15.9 Å². The van der Waals surface area contributed by atoms with E-state index in [1.807, 2.05) is 4.98 Å². The molecule has 0 aliphatic rings. The first-order valence-corrected chi connectivity index (χ1v) is 4.17. The van der Waals surface area contributed by atoms with Crippen molar-refractivity contribution < 1.29 is 18.7 Å². The Balaban J connectivity index is 3.48. The molecular weight excluding hydrogens is 264 g/mol.